The summed E-state index contributed by atoms with van der Waals surface area (Å²) >= 11 is 0.304. The van der Waals surface area contributed by atoms with Gasteiger partial charge in [0.2, 0.25) is 0 Å². The van der Waals surface area contributed by atoms with Crippen LogP contribution in [0.25, 0.3) is 0 Å². The van der Waals surface area contributed by atoms with Gasteiger partial charge < -0.3 is 37.2 Å². The Labute approximate surface area is 106 Å². The fraction of sp³-hybridized carbons (Fsp3) is 1.00. The van der Waals surface area contributed by atoms with Crippen LogP contribution in [0.5, 0.6) is 0 Å². The molecule has 0 unspecified atom stereocenters. The first-order valence-electron chi connectivity index (χ1n) is 4.05. The fourth-order valence-corrected chi connectivity index (χ4v) is 4.37. The molecule has 4 heteroatoms. The maximum atomic E-state index is 2.29. The summed E-state index contributed by atoms with van der Waals surface area (Å²) in [5, 5.41) is 0. The molecule has 0 aromatic heterocycles. The number of unbranched alkanes of at least 4 members (excludes halogenated alkanes) is 2. The van der Waals surface area contributed by atoms with Crippen molar-refractivity contribution in [3.05, 3.63) is 0 Å². The van der Waals surface area contributed by atoms with Crippen LogP contribution in [0.4, 0.5) is 0 Å². The van der Waals surface area contributed by atoms with Gasteiger partial charge in [-0.1, -0.05) is 0 Å². The number of rotatable bonds is 6. The van der Waals surface area contributed by atoms with E-state index in [0.29, 0.717) is 21.6 Å². The Morgan fingerprint density at radius 2 is 1.08 bits per heavy atom. The second-order valence-electron chi connectivity index (χ2n) is 2.38. The van der Waals surface area contributed by atoms with E-state index in [1.54, 1.807) is 8.73 Å². The molecule has 0 atom stereocenters. The zero-order valence-electron chi connectivity index (χ0n) is 7.82. The molecule has 76 valence electrons. The van der Waals surface area contributed by atoms with E-state index >= 15 is 0 Å². The maximum absolute atomic E-state index is 2.29. The average molecular weight is 342 g/mol. The van der Waals surface area contributed by atoms with Crippen LogP contribution in [-0.2, 0) is 0 Å². The van der Waals surface area contributed by atoms with Gasteiger partial charge in [-0.25, -0.2) is 0 Å². The molecule has 0 fully saturated rings. The molecule has 0 aliphatic rings. The Morgan fingerprint density at radius 1 is 0.750 bits per heavy atom. The van der Waals surface area contributed by atoms with Gasteiger partial charge in [-0.3, -0.25) is 0 Å². The molecule has 0 saturated heterocycles. The second-order valence-corrected chi connectivity index (χ2v) is 6.21. The maximum Gasteiger partial charge on any atom is -1.00 e. The van der Waals surface area contributed by atoms with Crippen molar-refractivity contribution in [2.75, 3.05) is 0 Å². The normalized spacial score (nSPS) is 6.83. The minimum Gasteiger partial charge on any atom is -1.00 e. The van der Waals surface area contributed by atoms with Crippen LogP contribution >= 0.6 is 0 Å². The molecule has 0 radical (unpaired) electrons. The first-order chi connectivity index (χ1) is 4.41. The van der Waals surface area contributed by atoms with Crippen molar-refractivity contribution >= 4 is 21.6 Å². The largest absolute Gasteiger partial charge is 1.00 e. The van der Waals surface area contributed by atoms with Crippen molar-refractivity contribution in [2.45, 2.75) is 48.3 Å². The van der Waals surface area contributed by atoms with E-state index < -0.39 is 0 Å². The number of hydrogen-bond donors (Lipinski definition) is 0. The molecular weight excluding hydrogens is 324 g/mol. The Balaban J connectivity index is -0.000000107. The van der Waals surface area contributed by atoms with Crippen LogP contribution in [0.15, 0.2) is 0 Å². The van der Waals surface area contributed by atoms with Crippen molar-refractivity contribution in [3.63, 3.8) is 0 Å². The minimum absolute atomic E-state index is 0. The monoisotopic (exact) mass is 340 g/mol. The molecule has 0 heterocycles. The van der Waals surface area contributed by atoms with Crippen LogP contribution in [0.1, 0.15) is 39.5 Å². The smallest absolute Gasteiger partial charge is 1.00 e. The van der Waals surface area contributed by atoms with Crippen LogP contribution in [-0.4, -0.2) is 21.6 Å². The molecule has 12 heavy (non-hydrogen) atoms. The molecule has 0 saturated carbocycles. The quantitative estimate of drug-likeness (QED) is 0.333. The summed E-state index contributed by atoms with van der Waals surface area (Å²) in [6.45, 7) is 4.58. The van der Waals surface area contributed by atoms with Gasteiger partial charge in [-0.05, 0) is 0 Å². The van der Waals surface area contributed by atoms with Gasteiger partial charge in [0.05, 0.1) is 0 Å². The first-order valence-corrected chi connectivity index (χ1v) is 7.66. The Morgan fingerprint density at radius 3 is 1.33 bits per heavy atom. The molecule has 0 aromatic rings. The summed E-state index contributed by atoms with van der Waals surface area (Å²) in [6.07, 6.45) is 5.81. The Bertz CT molecular complexity index is 47.6. The average Bonchev–Trinajstić information content (AvgIpc) is 1.89. The predicted molar refractivity (Wildman–Crippen MR) is 45.2 cm³/mol. The van der Waals surface area contributed by atoms with E-state index in [1.165, 1.54) is 25.7 Å². The van der Waals surface area contributed by atoms with E-state index in [1.807, 2.05) is 0 Å². The fourth-order valence-electron chi connectivity index (χ4n) is 0.652. The molecule has 0 aromatic carbocycles. The number of hydrogen-bond acceptors (Lipinski definition) is 0. The molecule has 0 spiro atoms. The van der Waals surface area contributed by atoms with Crippen molar-refractivity contribution in [1.82, 2.24) is 0 Å². The minimum atomic E-state index is 0. The molecular formula is C8H18Cl3Sb. The van der Waals surface area contributed by atoms with Gasteiger partial charge in [-0.2, -0.15) is 0 Å². The van der Waals surface area contributed by atoms with Gasteiger partial charge >= 0.3 is 69.9 Å². The Kier molecular flexibility index (Phi) is 44.9. The van der Waals surface area contributed by atoms with E-state index in [-0.39, 0.29) is 37.2 Å². The molecule has 0 nitrogen and oxygen atoms in total. The van der Waals surface area contributed by atoms with Gasteiger partial charge in [-0.15, -0.1) is 0 Å². The third-order valence-electron chi connectivity index (χ3n) is 1.34. The predicted octanol–water partition coefficient (Wildman–Crippen LogP) is -5.86. The summed E-state index contributed by atoms with van der Waals surface area (Å²) in [4.78, 5) is 0. The third kappa shape index (κ3) is 22.6. The van der Waals surface area contributed by atoms with E-state index in [2.05, 4.69) is 13.8 Å². The van der Waals surface area contributed by atoms with E-state index in [0.717, 1.165) is 0 Å². The van der Waals surface area contributed by atoms with Gasteiger partial charge in [0, 0.05) is 0 Å². The zero-order chi connectivity index (χ0) is 6.95. The third-order valence-corrected chi connectivity index (χ3v) is 4.95. The van der Waals surface area contributed by atoms with E-state index in [9.17, 15) is 0 Å². The van der Waals surface area contributed by atoms with Crippen molar-refractivity contribution in [1.29, 1.82) is 0 Å². The molecule has 0 N–H and O–H groups in total. The molecule has 0 amide bonds. The molecule has 0 aliphatic heterocycles. The van der Waals surface area contributed by atoms with Crippen molar-refractivity contribution < 1.29 is 37.2 Å². The number of halogens is 3. The molecule has 0 aliphatic carbocycles. The van der Waals surface area contributed by atoms with Crippen molar-refractivity contribution in [2.24, 2.45) is 0 Å². The SMILES string of the molecule is CCC[CH2][Sb+3][CH2]CCC.[Cl-].[Cl-].[Cl-]. The summed E-state index contributed by atoms with van der Waals surface area (Å²) in [6, 6.07) is 0. The van der Waals surface area contributed by atoms with Gasteiger partial charge in [0.1, 0.15) is 0 Å². The van der Waals surface area contributed by atoms with E-state index in [4.69, 9.17) is 0 Å². The standard InChI is InChI=1S/2C4H9.3ClH.Sb/c2*1-3-4-2;;;;/h2*1,3-4H2,2H3;3*1H;/q;;;;;+3/p-3. The molecule has 0 rings (SSSR count). The summed E-state index contributed by atoms with van der Waals surface area (Å²) < 4.78 is 3.21. The zero-order valence-corrected chi connectivity index (χ0v) is 12.6. The molecule has 0 bridgehead atoms. The topological polar surface area (TPSA) is 0 Å². The summed E-state index contributed by atoms with van der Waals surface area (Å²) in [7, 11) is 0. The first kappa shape index (κ1) is 23.5. The van der Waals surface area contributed by atoms with Crippen LogP contribution in [0.2, 0.25) is 8.73 Å². The summed E-state index contributed by atoms with van der Waals surface area (Å²) in [5.74, 6) is 0. The van der Waals surface area contributed by atoms with Crippen LogP contribution in [0, 0.1) is 0 Å². The van der Waals surface area contributed by atoms with Crippen LogP contribution < -0.4 is 37.2 Å². The summed E-state index contributed by atoms with van der Waals surface area (Å²) in [5.41, 5.74) is 0. The Hall–Kier alpha value is 1.69. The van der Waals surface area contributed by atoms with Crippen molar-refractivity contribution in [3.8, 4) is 0 Å². The van der Waals surface area contributed by atoms with Gasteiger partial charge in [0.25, 0.3) is 0 Å². The van der Waals surface area contributed by atoms with Gasteiger partial charge in [0.15, 0.2) is 0 Å². The van der Waals surface area contributed by atoms with Crippen LogP contribution in [0.3, 0.4) is 0 Å². The second kappa shape index (κ2) is 23.0.